The number of ether oxygens (including phenoxy) is 3. The van der Waals surface area contributed by atoms with E-state index in [1.807, 2.05) is 0 Å². The number of unbranched alkanes of at least 4 members (excludes halogenated alkanes) is 1. The predicted octanol–water partition coefficient (Wildman–Crippen LogP) is 3.54. The second-order valence-corrected chi connectivity index (χ2v) is 4.97. The normalized spacial score (nSPS) is 21.7. The molecule has 8 heteroatoms. The molecule has 0 bridgehead atoms. The number of nitrogens with one attached hydrogen (secondary N) is 1. The minimum Gasteiger partial charge on any atom is -0.454 e. The first-order valence-electron chi connectivity index (χ1n) is 6.89. The van der Waals surface area contributed by atoms with Crippen LogP contribution in [0.5, 0.6) is 11.5 Å². The maximum absolute atomic E-state index is 13.8. The van der Waals surface area contributed by atoms with Crippen LogP contribution in [-0.2, 0) is 10.3 Å². The van der Waals surface area contributed by atoms with Gasteiger partial charge in [0, 0.05) is 6.42 Å². The maximum Gasteiger partial charge on any atom is 0.445 e. The molecular weight excluding hydrogens is 315 g/mol. The maximum atomic E-state index is 13.8. The number of anilines is 1. The molecule has 0 fully saturated rings. The number of carbonyl (C=O) groups excluding carboxylic acids is 1. The molecule has 1 aromatic rings. The van der Waals surface area contributed by atoms with Crippen molar-refractivity contribution in [2.24, 2.45) is 0 Å². The summed E-state index contributed by atoms with van der Waals surface area (Å²) in [4.78, 5) is 11.6. The smallest absolute Gasteiger partial charge is 0.445 e. The molecule has 0 spiro atoms. The third kappa shape index (κ3) is 2.32. The van der Waals surface area contributed by atoms with E-state index in [-0.39, 0.29) is 36.0 Å². The van der Waals surface area contributed by atoms with E-state index >= 15 is 0 Å². The van der Waals surface area contributed by atoms with Crippen molar-refractivity contribution in [1.29, 1.82) is 0 Å². The Labute approximate surface area is 129 Å². The van der Waals surface area contributed by atoms with Crippen molar-refractivity contribution in [1.82, 2.24) is 0 Å². The first kappa shape index (κ1) is 15.3. The van der Waals surface area contributed by atoms with E-state index in [1.165, 1.54) is 12.1 Å². The second kappa shape index (κ2) is 5.26. The Hall–Kier alpha value is -2.56. The summed E-state index contributed by atoms with van der Waals surface area (Å²) < 4.78 is 56.5. The third-order valence-corrected chi connectivity index (χ3v) is 3.41. The molecule has 2 aliphatic rings. The molecule has 0 radical (unpaired) electrons. The van der Waals surface area contributed by atoms with E-state index in [4.69, 9.17) is 9.47 Å². The summed E-state index contributed by atoms with van der Waals surface area (Å²) in [5, 5.41) is 2.24. The molecule has 1 atom stereocenters. The zero-order valence-corrected chi connectivity index (χ0v) is 12.0. The van der Waals surface area contributed by atoms with Gasteiger partial charge in [-0.1, -0.05) is 12.8 Å². The summed E-state index contributed by atoms with van der Waals surface area (Å²) in [5.41, 5.74) is -3.53. The molecule has 1 amide bonds. The van der Waals surface area contributed by atoms with E-state index in [0.29, 0.717) is 6.42 Å². The van der Waals surface area contributed by atoms with Crippen LogP contribution in [0.1, 0.15) is 25.3 Å². The number of alkyl halides is 3. The van der Waals surface area contributed by atoms with Gasteiger partial charge in [-0.3, -0.25) is 5.32 Å². The molecule has 0 saturated carbocycles. The van der Waals surface area contributed by atoms with Crippen molar-refractivity contribution in [3.05, 3.63) is 17.7 Å². The van der Waals surface area contributed by atoms with Crippen LogP contribution >= 0.6 is 0 Å². The van der Waals surface area contributed by atoms with E-state index in [0.717, 1.165) is 0 Å². The Kier molecular flexibility index (Phi) is 3.51. The predicted molar refractivity (Wildman–Crippen MR) is 73.1 cm³/mol. The molecular formula is C15H12F3NO4. The average molecular weight is 327 g/mol. The van der Waals surface area contributed by atoms with Crippen LogP contribution in [0.2, 0.25) is 0 Å². The number of fused-ring (bicyclic) bond motifs is 3. The summed E-state index contributed by atoms with van der Waals surface area (Å²) >= 11 is 0. The lowest BCUT2D eigenvalue weighted by atomic mass is 9.89. The molecule has 1 unspecified atom stereocenters. The van der Waals surface area contributed by atoms with Crippen molar-refractivity contribution in [2.45, 2.75) is 31.5 Å². The Morgan fingerprint density at radius 1 is 1.35 bits per heavy atom. The van der Waals surface area contributed by atoms with Crippen LogP contribution in [-0.4, -0.2) is 19.1 Å². The lowest BCUT2D eigenvalue weighted by molar-refractivity contribution is -0.239. The van der Waals surface area contributed by atoms with Crippen LogP contribution < -0.4 is 14.8 Å². The summed E-state index contributed by atoms with van der Waals surface area (Å²) in [6, 6.07) is 2.73. The van der Waals surface area contributed by atoms with Crippen LogP contribution in [0.4, 0.5) is 23.7 Å². The van der Waals surface area contributed by atoms with Gasteiger partial charge >= 0.3 is 12.3 Å². The topological polar surface area (TPSA) is 56.8 Å². The Morgan fingerprint density at radius 3 is 2.83 bits per heavy atom. The molecule has 0 aliphatic carbocycles. The van der Waals surface area contributed by atoms with Gasteiger partial charge in [0.05, 0.1) is 11.3 Å². The number of hydrogen-bond donors (Lipinski definition) is 1. The SMILES string of the molecule is CCCC#CC1(C(F)(F)F)OC(=O)Nc2ccc3c(c21)OCO3. The molecule has 0 saturated heterocycles. The highest BCUT2D eigenvalue weighted by molar-refractivity contribution is 5.91. The van der Waals surface area contributed by atoms with E-state index in [2.05, 4.69) is 21.9 Å². The quantitative estimate of drug-likeness (QED) is 0.802. The highest BCUT2D eigenvalue weighted by Gasteiger charge is 2.63. The lowest BCUT2D eigenvalue weighted by Gasteiger charge is -2.36. The minimum atomic E-state index is -4.94. The fraction of sp³-hybridized carbons (Fsp3) is 0.400. The molecule has 2 heterocycles. The van der Waals surface area contributed by atoms with E-state index in [9.17, 15) is 18.0 Å². The Balaban J connectivity index is 2.28. The summed E-state index contributed by atoms with van der Waals surface area (Å²) in [5.74, 6) is 4.56. The van der Waals surface area contributed by atoms with Crippen molar-refractivity contribution in [3.8, 4) is 23.3 Å². The number of cyclic esters (lactones) is 1. The van der Waals surface area contributed by atoms with Gasteiger partial charge in [-0.15, -0.1) is 0 Å². The lowest BCUT2D eigenvalue weighted by Crippen LogP contribution is -2.49. The number of hydrogen-bond acceptors (Lipinski definition) is 4. The van der Waals surface area contributed by atoms with Gasteiger partial charge in [-0.25, -0.2) is 4.79 Å². The van der Waals surface area contributed by atoms with Crippen LogP contribution in [0.25, 0.3) is 0 Å². The highest BCUT2D eigenvalue weighted by Crippen LogP contribution is 2.54. The zero-order valence-electron chi connectivity index (χ0n) is 12.0. The molecule has 122 valence electrons. The molecule has 1 aromatic carbocycles. The van der Waals surface area contributed by atoms with Gasteiger partial charge in [-0.05, 0) is 24.5 Å². The molecule has 23 heavy (non-hydrogen) atoms. The number of amides is 1. The van der Waals surface area contributed by atoms with Gasteiger partial charge < -0.3 is 14.2 Å². The summed E-state index contributed by atoms with van der Waals surface area (Å²) in [6.07, 6.45) is -5.35. The molecule has 3 rings (SSSR count). The van der Waals surface area contributed by atoms with E-state index < -0.39 is 17.9 Å². The first-order chi connectivity index (χ1) is 10.9. The molecule has 1 N–H and O–H groups in total. The van der Waals surface area contributed by atoms with Crippen LogP contribution in [0.15, 0.2) is 12.1 Å². The fourth-order valence-electron chi connectivity index (χ4n) is 2.42. The van der Waals surface area contributed by atoms with Crippen LogP contribution in [0, 0.1) is 11.8 Å². The number of benzene rings is 1. The van der Waals surface area contributed by atoms with Crippen molar-refractivity contribution >= 4 is 11.8 Å². The average Bonchev–Trinajstić information content (AvgIpc) is 2.94. The fourth-order valence-corrected chi connectivity index (χ4v) is 2.42. The van der Waals surface area contributed by atoms with Crippen molar-refractivity contribution in [2.75, 3.05) is 12.1 Å². The monoisotopic (exact) mass is 327 g/mol. The first-order valence-corrected chi connectivity index (χ1v) is 6.89. The van der Waals surface area contributed by atoms with Gasteiger partial charge in [0.2, 0.25) is 6.79 Å². The number of rotatable bonds is 1. The minimum absolute atomic E-state index is 0.0615. The zero-order chi connectivity index (χ0) is 16.7. The highest BCUT2D eigenvalue weighted by atomic mass is 19.4. The van der Waals surface area contributed by atoms with Gasteiger partial charge in [0.25, 0.3) is 5.60 Å². The third-order valence-electron chi connectivity index (χ3n) is 3.41. The van der Waals surface area contributed by atoms with Crippen molar-refractivity contribution in [3.63, 3.8) is 0 Å². The largest absolute Gasteiger partial charge is 0.454 e. The Bertz CT molecular complexity index is 720. The number of carbonyl (C=O) groups is 1. The molecule has 0 aromatic heterocycles. The van der Waals surface area contributed by atoms with Crippen LogP contribution in [0.3, 0.4) is 0 Å². The standard InChI is InChI=1S/C15H12F3NO4/c1-2-3-4-7-14(15(16,17)18)11-9(19-13(20)23-14)5-6-10-12(11)22-8-21-10/h5-6H,2-3,8H2,1H3,(H,19,20). The van der Waals surface area contributed by atoms with Gasteiger partial charge in [0.1, 0.15) is 0 Å². The van der Waals surface area contributed by atoms with Crippen molar-refractivity contribution < 1.29 is 32.2 Å². The Morgan fingerprint density at radius 2 is 2.13 bits per heavy atom. The van der Waals surface area contributed by atoms with Gasteiger partial charge in [0.15, 0.2) is 11.5 Å². The summed E-state index contributed by atoms with van der Waals surface area (Å²) in [7, 11) is 0. The molecule has 5 nitrogen and oxygen atoms in total. The number of halogens is 3. The second-order valence-electron chi connectivity index (χ2n) is 4.97. The van der Waals surface area contributed by atoms with E-state index in [1.54, 1.807) is 6.92 Å². The summed E-state index contributed by atoms with van der Waals surface area (Å²) in [6.45, 7) is 1.57. The van der Waals surface area contributed by atoms with Gasteiger partial charge in [-0.2, -0.15) is 13.2 Å². The molecule has 2 aliphatic heterocycles.